The summed E-state index contributed by atoms with van der Waals surface area (Å²) >= 11 is 5.29. The monoisotopic (exact) mass is 456 g/mol. The minimum atomic E-state index is -0.365. The molecule has 2 N–H and O–H groups in total. The Morgan fingerprint density at radius 1 is 0.969 bits per heavy atom. The summed E-state index contributed by atoms with van der Waals surface area (Å²) in [6, 6.07) is 12.7. The summed E-state index contributed by atoms with van der Waals surface area (Å²) in [5.41, 5.74) is 2.22. The molecule has 2 aromatic rings. The molecule has 0 saturated carbocycles. The summed E-state index contributed by atoms with van der Waals surface area (Å²) in [6.45, 7) is 4.96. The fourth-order valence-electron chi connectivity index (χ4n) is 3.47. The van der Waals surface area contributed by atoms with Gasteiger partial charge in [0, 0.05) is 55.6 Å². The molecular weight excluding hydrogens is 428 g/mol. The normalized spacial score (nSPS) is 13.3. The highest BCUT2D eigenvalue weighted by atomic mass is 32.1. The summed E-state index contributed by atoms with van der Waals surface area (Å²) < 4.78 is 10.4. The number of ether oxygens (including phenoxy) is 2. The first-order chi connectivity index (χ1) is 15.4. The predicted molar refractivity (Wildman–Crippen MR) is 129 cm³/mol. The van der Waals surface area contributed by atoms with Gasteiger partial charge in [0.2, 0.25) is 5.91 Å². The first-order valence-electron chi connectivity index (χ1n) is 10.4. The topological polar surface area (TPSA) is 83.1 Å². The van der Waals surface area contributed by atoms with Crippen LogP contribution in [-0.2, 0) is 4.79 Å². The molecule has 170 valence electrons. The number of nitrogens with one attached hydrogen (secondary N) is 2. The zero-order chi connectivity index (χ0) is 23.1. The number of methoxy groups -OCH3 is 2. The highest BCUT2D eigenvalue weighted by Crippen LogP contribution is 2.23. The van der Waals surface area contributed by atoms with Crippen molar-refractivity contribution in [2.24, 2.45) is 0 Å². The van der Waals surface area contributed by atoms with Gasteiger partial charge in [-0.05, 0) is 48.6 Å². The maximum Gasteiger partial charge on any atom is 0.257 e. The number of benzene rings is 2. The van der Waals surface area contributed by atoms with Crippen molar-refractivity contribution in [1.29, 1.82) is 0 Å². The SMILES string of the molecule is CCC(=O)N1CCN(c2ccc(NC(=S)NC(=O)c3cc(OC)cc(OC)c3)cc2)CC1. The largest absolute Gasteiger partial charge is 0.497 e. The number of piperazine rings is 1. The molecule has 2 amide bonds. The fourth-order valence-corrected chi connectivity index (χ4v) is 3.68. The number of thiocarbonyl (C=S) groups is 1. The molecule has 1 saturated heterocycles. The fraction of sp³-hybridized carbons (Fsp3) is 0.348. The number of hydrogen-bond acceptors (Lipinski definition) is 6. The molecule has 9 heteroatoms. The van der Waals surface area contributed by atoms with Gasteiger partial charge in [-0.2, -0.15) is 0 Å². The van der Waals surface area contributed by atoms with Gasteiger partial charge >= 0.3 is 0 Å². The molecule has 0 unspecified atom stereocenters. The van der Waals surface area contributed by atoms with Crippen molar-refractivity contribution in [3.63, 3.8) is 0 Å². The van der Waals surface area contributed by atoms with E-state index in [-0.39, 0.29) is 16.9 Å². The van der Waals surface area contributed by atoms with Crippen molar-refractivity contribution in [3.8, 4) is 11.5 Å². The van der Waals surface area contributed by atoms with Crippen molar-refractivity contribution in [2.45, 2.75) is 13.3 Å². The molecule has 32 heavy (non-hydrogen) atoms. The molecule has 1 aliphatic heterocycles. The lowest BCUT2D eigenvalue weighted by Crippen LogP contribution is -2.48. The average molecular weight is 457 g/mol. The summed E-state index contributed by atoms with van der Waals surface area (Å²) in [6.07, 6.45) is 0.544. The molecule has 2 aromatic carbocycles. The standard InChI is InChI=1S/C23H28N4O4S/c1-4-21(28)27-11-9-26(10-12-27)18-7-5-17(6-8-18)24-23(32)25-22(29)16-13-19(30-2)15-20(14-16)31-3/h5-8,13-15H,4,9-12H2,1-3H3,(H2,24,25,29,32). The number of nitrogens with zero attached hydrogens (tertiary/aromatic N) is 2. The van der Waals surface area contributed by atoms with Crippen LogP contribution in [0.25, 0.3) is 0 Å². The first-order valence-corrected chi connectivity index (χ1v) is 10.8. The van der Waals surface area contributed by atoms with Crippen molar-refractivity contribution in [1.82, 2.24) is 10.2 Å². The van der Waals surface area contributed by atoms with E-state index in [4.69, 9.17) is 21.7 Å². The van der Waals surface area contributed by atoms with Crippen LogP contribution >= 0.6 is 12.2 Å². The van der Waals surface area contributed by atoms with E-state index in [1.807, 2.05) is 36.1 Å². The van der Waals surface area contributed by atoms with Gasteiger partial charge in [0.1, 0.15) is 11.5 Å². The number of rotatable bonds is 6. The Morgan fingerprint density at radius 2 is 1.56 bits per heavy atom. The van der Waals surface area contributed by atoms with Crippen molar-refractivity contribution in [2.75, 3.05) is 50.6 Å². The zero-order valence-corrected chi connectivity index (χ0v) is 19.3. The lowest BCUT2D eigenvalue weighted by Gasteiger charge is -2.36. The van der Waals surface area contributed by atoms with Crippen LogP contribution in [0.5, 0.6) is 11.5 Å². The Kier molecular flexibility index (Phi) is 7.88. The predicted octanol–water partition coefficient (Wildman–Crippen LogP) is 2.89. The second kappa shape index (κ2) is 10.8. The van der Waals surface area contributed by atoms with Crippen LogP contribution in [0.2, 0.25) is 0 Å². The number of carbonyl (C=O) groups excluding carboxylic acids is 2. The van der Waals surface area contributed by atoms with Crippen LogP contribution in [-0.4, -0.2) is 62.2 Å². The molecule has 0 spiro atoms. The van der Waals surface area contributed by atoms with E-state index < -0.39 is 0 Å². The number of amides is 2. The molecule has 3 rings (SSSR count). The number of hydrogen-bond donors (Lipinski definition) is 2. The molecule has 0 aromatic heterocycles. The maximum atomic E-state index is 12.6. The minimum absolute atomic E-state index is 0.191. The van der Waals surface area contributed by atoms with Gasteiger partial charge in [-0.25, -0.2) is 0 Å². The molecule has 0 radical (unpaired) electrons. The molecule has 0 atom stereocenters. The third-order valence-corrected chi connectivity index (χ3v) is 5.47. The maximum absolute atomic E-state index is 12.6. The smallest absolute Gasteiger partial charge is 0.257 e. The second-order valence-corrected chi connectivity index (χ2v) is 7.69. The van der Waals surface area contributed by atoms with Gasteiger partial charge in [-0.1, -0.05) is 6.92 Å². The number of carbonyl (C=O) groups is 2. The van der Waals surface area contributed by atoms with Crippen LogP contribution in [0.1, 0.15) is 23.7 Å². The summed E-state index contributed by atoms with van der Waals surface area (Å²) in [5, 5.41) is 5.88. The van der Waals surface area contributed by atoms with Crippen LogP contribution < -0.4 is 25.0 Å². The van der Waals surface area contributed by atoms with Crippen molar-refractivity contribution < 1.29 is 19.1 Å². The molecule has 8 nitrogen and oxygen atoms in total. The zero-order valence-electron chi connectivity index (χ0n) is 18.5. The van der Waals surface area contributed by atoms with Crippen molar-refractivity contribution in [3.05, 3.63) is 48.0 Å². The first kappa shape index (κ1) is 23.3. The Bertz CT molecular complexity index is 950. The van der Waals surface area contributed by atoms with E-state index in [2.05, 4.69) is 15.5 Å². The van der Waals surface area contributed by atoms with Gasteiger partial charge in [0.15, 0.2) is 5.11 Å². The van der Waals surface area contributed by atoms with E-state index >= 15 is 0 Å². The van der Waals surface area contributed by atoms with E-state index in [1.165, 1.54) is 14.2 Å². The molecule has 1 heterocycles. The van der Waals surface area contributed by atoms with Gasteiger partial charge in [0.25, 0.3) is 5.91 Å². The van der Waals surface area contributed by atoms with E-state index in [0.717, 1.165) is 37.6 Å². The van der Waals surface area contributed by atoms with E-state index in [1.54, 1.807) is 18.2 Å². The Hall–Kier alpha value is -3.33. The minimum Gasteiger partial charge on any atom is -0.497 e. The highest BCUT2D eigenvalue weighted by Gasteiger charge is 2.20. The van der Waals surface area contributed by atoms with Crippen LogP contribution in [0.3, 0.4) is 0 Å². The van der Waals surface area contributed by atoms with Crippen LogP contribution in [0, 0.1) is 0 Å². The average Bonchev–Trinajstić information content (AvgIpc) is 2.83. The van der Waals surface area contributed by atoms with Crippen molar-refractivity contribution >= 4 is 40.5 Å². The third kappa shape index (κ3) is 5.88. The Morgan fingerprint density at radius 3 is 2.09 bits per heavy atom. The summed E-state index contributed by atoms with van der Waals surface area (Å²) in [4.78, 5) is 28.5. The molecule has 0 bridgehead atoms. The van der Waals surface area contributed by atoms with Crippen LogP contribution in [0.15, 0.2) is 42.5 Å². The third-order valence-electron chi connectivity index (χ3n) is 5.27. The van der Waals surface area contributed by atoms with Crippen LogP contribution in [0.4, 0.5) is 11.4 Å². The molecule has 0 aliphatic carbocycles. The second-order valence-electron chi connectivity index (χ2n) is 7.28. The Balaban J connectivity index is 1.55. The van der Waals surface area contributed by atoms with E-state index in [0.29, 0.717) is 23.5 Å². The molecule has 1 aliphatic rings. The van der Waals surface area contributed by atoms with E-state index in [9.17, 15) is 9.59 Å². The Labute approximate surface area is 193 Å². The highest BCUT2D eigenvalue weighted by molar-refractivity contribution is 7.80. The molecule has 1 fully saturated rings. The summed E-state index contributed by atoms with van der Waals surface area (Å²) in [5.74, 6) is 0.871. The van der Waals surface area contributed by atoms with Gasteiger partial charge in [-0.15, -0.1) is 0 Å². The quantitative estimate of drug-likeness (QED) is 0.647. The lowest BCUT2D eigenvalue weighted by molar-refractivity contribution is -0.131. The summed E-state index contributed by atoms with van der Waals surface area (Å²) in [7, 11) is 3.05. The molecular formula is C23H28N4O4S. The van der Waals surface area contributed by atoms with Gasteiger partial charge in [-0.3, -0.25) is 14.9 Å². The van der Waals surface area contributed by atoms with Gasteiger partial charge in [0.05, 0.1) is 14.2 Å². The lowest BCUT2D eigenvalue weighted by atomic mass is 10.2. The van der Waals surface area contributed by atoms with Gasteiger partial charge < -0.3 is 24.6 Å². The number of anilines is 2.